The van der Waals surface area contributed by atoms with Crippen LogP contribution in [-0.2, 0) is 5.60 Å². The van der Waals surface area contributed by atoms with Gasteiger partial charge in [-0.15, -0.1) is 0 Å². The molecule has 0 aromatic carbocycles. The fraction of sp³-hybridized carbons (Fsp3) is 0.714. The number of rotatable bonds is 1. The SMILES string of the molecule is CC(C)(C)C1CCCCC1(O)c1occc1Br. The van der Waals surface area contributed by atoms with Gasteiger partial charge < -0.3 is 9.52 Å². The van der Waals surface area contributed by atoms with Crippen LogP contribution in [0.15, 0.2) is 21.2 Å². The minimum atomic E-state index is -0.821. The second kappa shape index (κ2) is 4.43. The van der Waals surface area contributed by atoms with E-state index in [0.717, 1.165) is 23.7 Å². The van der Waals surface area contributed by atoms with Crippen molar-refractivity contribution in [2.45, 2.75) is 52.1 Å². The predicted octanol–water partition coefficient (Wildman–Crippen LogP) is 4.47. The van der Waals surface area contributed by atoms with Crippen molar-refractivity contribution in [3.8, 4) is 0 Å². The zero-order chi connectivity index (χ0) is 12.7. The largest absolute Gasteiger partial charge is 0.465 e. The highest BCUT2D eigenvalue weighted by atomic mass is 79.9. The van der Waals surface area contributed by atoms with Gasteiger partial charge in [-0.1, -0.05) is 33.6 Å². The maximum Gasteiger partial charge on any atom is 0.149 e. The van der Waals surface area contributed by atoms with Gasteiger partial charge in [0.05, 0.1) is 10.7 Å². The summed E-state index contributed by atoms with van der Waals surface area (Å²) in [5.41, 5.74) is -0.736. The fourth-order valence-corrected chi connectivity index (χ4v) is 3.72. The van der Waals surface area contributed by atoms with E-state index in [2.05, 4.69) is 36.7 Å². The van der Waals surface area contributed by atoms with Gasteiger partial charge in [-0.05, 0) is 46.2 Å². The molecule has 2 unspecified atom stereocenters. The minimum absolute atomic E-state index is 0.0847. The van der Waals surface area contributed by atoms with Crippen LogP contribution in [0.1, 0.15) is 52.2 Å². The van der Waals surface area contributed by atoms with Crippen molar-refractivity contribution in [1.29, 1.82) is 0 Å². The average molecular weight is 301 g/mol. The van der Waals surface area contributed by atoms with Crippen molar-refractivity contribution in [2.24, 2.45) is 11.3 Å². The molecule has 1 aromatic heterocycles. The third-order valence-electron chi connectivity index (χ3n) is 3.93. The monoisotopic (exact) mass is 300 g/mol. The van der Waals surface area contributed by atoms with Gasteiger partial charge in [-0.3, -0.25) is 0 Å². The summed E-state index contributed by atoms with van der Waals surface area (Å²) in [5.74, 6) is 0.948. The van der Waals surface area contributed by atoms with Gasteiger partial charge in [-0.25, -0.2) is 0 Å². The van der Waals surface area contributed by atoms with Crippen LogP contribution in [0.25, 0.3) is 0 Å². The summed E-state index contributed by atoms with van der Waals surface area (Å²) in [4.78, 5) is 0. The van der Waals surface area contributed by atoms with E-state index in [4.69, 9.17) is 4.42 Å². The molecule has 1 fully saturated rings. The molecule has 3 heteroatoms. The predicted molar refractivity (Wildman–Crippen MR) is 71.7 cm³/mol. The number of furan rings is 1. The highest BCUT2D eigenvalue weighted by Crippen LogP contribution is 2.51. The summed E-state index contributed by atoms with van der Waals surface area (Å²) in [6.07, 6.45) is 5.76. The average Bonchev–Trinajstić information content (AvgIpc) is 2.64. The standard InChI is InChI=1S/C14H21BrO2/c1-13(2,3)11-6-4-5-8-14(11,16)12-10(15)7-9-17-12/h7,9,11,16H,4-6,8H2,1-3H3. The Kier molecular flexibility index (Phi) is 3.43. The van der Waals surface area contributed by atoms with Crippen LogP contribution in [-0.4, -0.2) is 5.11 Å². The van der Waals surface area contributed by atoms with Gasteiger partial charge >= 0.3 is 0 Å². The van der Waals surface area contributed by atoms with Crippen LogP contribution in [0.4, 0.5) is 0 Å². The molecule has 0 bridgehead atoms. The van der Waals surface area contributed by atoms with Crippen LogP contribution < -0.4 is 0 Å². The molecule has 0 radical (unpaired) electrons. The molecule has 1 saturated carbocycles. The summed E-state index contributed by atoms with van der Waals surface area (Å²) in [7, 11) is 0. The Morgan fingerprint density at radius 3 is 2.65 bits per heavy atom. The first kappa shape index (κ1) is 13.2. The third-order valence-corrected chi connectivity index (χ3v) is 4.56. The second-order valence-electron chi connectivity index (χ2n) is 6.19. The van der Waals surface area contributed by atoms with Crippen molar-refractivity contribution in [3.63, 3.8) is 0 Å². The number of hydrogen-bond donors (Lipinski definition) is 1. The molecule has 0 spiro atoms. The molecule has 0 aliphatic heterocycles. The summed E-state index contributed by atoms with van der Waals surface area (Å²) in [6.45, 7) is 6.60. The third kappa shape index (κ3) is 2.32. The van der Waals surface area contributed by atoms with E-state index in [9.17, 15) is 5.11 Å². The molecule has 0 amide bonds. The molecule has 96 valence electrons. The lowest BCUT2D eigenvalue weighted by Crippen LogP contribution is -2.44. The topological polar surface area (TPSA) is 33.4 Å². The maximum atomic E-state index is 11.1. The Balaban J connectivity index is 2.42. The molecule has 0 saturated heterocycles. The van der Waals surface area contributed by atoms with Gasteiger partial charge in [0.15, 0.2) is 0 Å². The van der Waals surface area contributed by atoms with Crippen molar-refractivity contribution >= 4 is 15.9 Å². The maximum absolute atomic E-state index is 11.1. The zero-order valence-corrected chi connectivity index (χ0v) is 12.4. The van der Waals surface area contributed by atoms with Gasteiger partial charge in [-0.2, -0.15) is 0 Å². The minimum Gasteiger partial charge on any atom is -0.465 e. The molecule has 1 aliphatic rings. The summed E-state index contributed by atoms with van der Waals surface area (Å²) < 4.78 is 6.42. The van der Waals surface area contributed by atoms with Crippen molar-refractivity contribution in [1.82, 2.24) is 0 Å². The normalized spacial score (nSPS) is 30.5. The Hall–Kier alpha value is -0.280. The highest BCUT2D eigenvalue weighted by molar-refractivity contribution is 9.10. The van der Waals surface area contributed by atoms with Crippen molar-refractivity contribution < 1.29 is 9.52 Å². The highest BCUT2D eigenvalue weighted by Gasteiger charge is 2.48. The quantitative estimate of drug-likeness (QED) is 0.830. The first-order valence-corrected chi connectivity index (χ1v) is 7.11. The van der Waals surface area contributed by atoms with E-state index in [-0.39, 0.29) is 11.3 Å². The molecule has 1 aromatic rings. The number of halogens is 1. The van der Waals surface area contributed by atoms with E-state index in [1.54, 1.807) is 6.26 Å². The molecular formula is C14H21BrO2. The summed E-state index contributed by atoms with van der Waals surface area (Å²) in [5, 5.41) is 11.1. The lowest BCUT2D eigenvalue weighted by molar-refractivity contribution is -0.110. The smallest absolute Gasteiger partial charge is 0.149 e. The van der Waals surface area contributed by atoms with Gasteiger partial charge in [0.2, 0.25) is 0 Å². The van der Waals surface area contributed by atoms with E-state index < -0.39 is 5.60 Å². The zero-order valence-electron chi connectivity index (χ0n) is 10.8. The first-order chi connectivity index (χ1) is 7.86. The lowest BCUT2D eigenvalue weighted by Gasteiger charge is -2.45. The summed E-state index contributed by atoms with van der Waals surface area (Å²) in [6, 6.07) is 1.86. The van der Waals surface area contributed by atoms with E-state index >= 15 is 0 Å². The Bertz CT molecular complexity index is 391. The number of hydrogen-bond acceptors (Lipinski definition) is 2. The number of aliphatic hydroxyl groups is 1. The molecule has 1 heterocycles. The fourth-order valence-electron chi connectivity index (χ4n) is 3.18. The van der Waals surface area contributed by atoms with Gasteiger partial charge in [0, 0.05) is 0 Å². The Labute approximate surface area is 112 Å². The van der Waals surface area contributed by atoms with Crippen LogP contribution in [0.2, 0.25) is 0 Å². The lowest BCUT2D eigenvalue weighted by atomic mass is 9.63. The van der Waals surface area contributed by atoms with E-state index in [0.29, 0.717) is 5.76 Å². The summed E-state index contributed by atoms with van der Waals surface area (Å²) >= 11 is 3.48. The second-order valence-corrected chi connectivity index (χ2v) is 7.04. The van der Waals surface area contributed by atoms with Crippen LogP contribution in [0.3, 0.4) is 0 Å². The van der Waals surface area contributed by atoms with Gasteiger partial charge in [0.25, 0.3) is 0 Å². The Morgan fingerprint density at radius 2 is 2.12 bits per heavy atom. The van der Waals surface area contributed by atoms with E-state index in [1.165, 1.54) is 6.42 Å². The van der Waals surface area contributed by atoms with Crippen molar-refractivity contribution in [3.05, 3.63) is 22.6 Å². The van der Waals surface area contributed by atoms with Gasteiger partial charge in [0.1, 0.15) is 11.4 Å². The van der Waals surface area contributed by atoms with Crippen LogP contribution in [0.5, 0.6) is 0 Å². The first-order valence-electron chi connectivity index (χ1n) is 6.31. The van der Waals surface area contributed by atoms with E-state index in [1.807, 2.05) is 6.07 Å². The van der Waals surface area contributed by atoms with Crippen LogP contribution >= 0.6 is 15.9 Å². The molecule has 2 nitrogen and oxygen atoms in total. The molecule has 2 rings (SSSR count). The molecule has 17 heavy (non-hydrogen) atoms. The van der Waals surface area contributed by atoms with Crippen molar-refractivity contribution in [2.75, 3.05) is 0 Å². The Morgan fingerprint density at radius 1 is 1.41 bits per heavy atom. The van der Waals surface area contributed by atoms with Crippen LogP contribution in [0, 0.1) is 11.3 Å². The molecule has 2 atom stereocenters. The molecule has 1 aliphatic carbocycles. The molecular weight excluding hydrogens is 280 g/mol. The molecule has 1 N–H and O–H groups in total.